The Bertz CT molecular complexity index is 595. The molecule has 1 N–H and O–H groups in total. The van der Waals surface area contributed by atoms with Gasteiger partial charge in [-0.05, 0) is 37.1 Å². The number of nitrogens with one attached hydrogen (secondary N) is 1. The highest BCUT2D eigenvalue weighted by Crippen LogP contribution is 2.19. The number of hydrogen-bond acceptors (Lipinski definition) is 4. The number of esters is 1. The van der Waals surface area contributed by atoms with Gasteiger partial charge in [0.2, 0.25) is 5.91 Å². The molecule has 0 bridgehead atoms. The number of methoxy groups -OCH3 is 1. The van der Waals surface area contributed by atoms with Crippen LogP contribution in [0.1, 0.15) is 29.6 Å². The fraction of sp³-hybridized carbons (Fsp3) is 0.471. The lowest BCUT2D eigenvalue weighted by Gasteiger charge is -2.31. The van der Waals surface area contributed by atoms with E-state index in [9.17, 15) is 18.8 Å². The summed E-state index contributed by atoms with van der Waals surface area (Å²) in [5.41, 5.74) is 0.442. The van der Waals surface area contributed by atoms with Crippen molar-refractivity contribution in [3.05, 3.63) is 35.6 Å². The maximum absolute atomic E-state index is 12.9. The highest BCUT2D eigenvalue weighted by molar-refractivity contribution is 5.94. The first-order chi connectivity index (χ1) is 11.5. The third-order valence-electron chi connectivity index (χ3n) is 4.10. The van der Waals surface area contributed by atoms with Gasteiger partial charge in [-0.3, -0.25) is 14.4 Å². The monoisotopic (exact) mass is 336 g/mol. The van der Waals surface area contributed by atoms with Crippen LogP contribution in [-0.2, 0) is 14.3 Å². The molecule has 0 atom stereocenters. The molecule has 1 aliphatic rings. The van der Waals surface area contributed by atoms with E-state index < -0.39 is 0 Å². The molecule has 0 aromatic heterocycles. The number of hydrogen-bond donors (Lipinski definition) is 1. The molecule has 24 heavy (non-hydrogen) atoms. The van der Waals surface area contributed by atoms with Crippen LogP contribution >= 0.6 is 0 Å². The predicted octanol–water partition coefficient (Wildman–Crippen LogP) is 1.36. The van der Waals surface area contributed by atoms with E-state index in [4.69, 9.17) is 0 Å². The summed E-state index contributed by atoms with van der Waals surface area (Å²) in [4.78, 5) is 37.0. The largest absolute Gasteiger partial charge is 0.469 e. The number of amides is 2. The number of carbonyl (C=O) groups is 3. The zero-order chi connectivity index (χ0) is 17.5. The minimum Gasteiger partial charge on any atom is -0.469 e. The van der Waals surface area contributed by atoms with E-state index in [-0.39, 0.29) is 42.5 Å². The van der Waals surface area contributed by atoms with Crippen molar-refractivity contribution >= 4 is 17.8 Å². The van der Waals surface area contributed by atoms with Crippen LogP contribution < -0.4 is 5.32 Å². The van der Waals surface area contributed by atoms with Gasteiger partial charge in [-0.15, -0.1) is 0 Å². The third kappa shape index (κ3) is 4.78. The number of carbonyl (C=O) groups excluding carboxylic acids is 3. The molecule has 0 saturated carbocycles. The van der Waals surface area contributed by atoms with E-state index in [1.54, 1.807) is 4.90 Å². The van der Waals surface area contributed by atoms with E-state index in [0.717, 1.165) is 0 Å². The Morgan fingerprint density at radius 2 is 1.83 bits per heavy atom. The molecule has 0 radical (unpaired) electrons. The first-order valence-electron chi connectivity index (χ1n) is 7.90. The summed E-state index contributed by atoms with van der Waals surface area (Å²) < 4.78 is 17.4. The van der Waals surface area contributed by atoms with Gasteiger partial charge in [-0.25, -0.2) is 4.39 Å². The van der Waals surface area contributed by atoms with Crippen molar-refractivity contribution in [1.29, 1.82) is 0 Å². The first kappa shape index (κ1) is 17.9. The molecule has 1 aliphatic heterocycles. The van der Waals surface area contributed by atoms with Crippen molar-refractivity contribution in [3.8, 4) is 0 Å². The number of benzene rings is 1. The second-order valence-corrected chi connectivity index (χ2v) is 5.69. The zero-order valence-electron chi connectivity index (χ0n) is 13.6. The SMILES string of the molecule is COC(=O)CCNC(=O)C1CCN(C(=O)c2ccc(F)cc2)CC1. The van der Waals surface area contributed by atoms with Crippen molar-refractivity contribution in [2.24, 2.45) is 5.92 Å². The maximum atomic E-state index is 12.9. The summed E-state index contributed by atoms with van der Waals surface area (Å²) in [5.74, 6) is -1.17. The summed E-state index contributed by atoms with van der Waals surface area (Å²) in [5, 5.41) is 2.71. The Balaban J connectivity index is 1.78. The van der Waals surface area contributed by atoms with Gasteiger partial charge in [0, 0.05) is 31.1 Å². The van der Waals surface area contributed by atoms with Crippen LogP contribution in [0.25, 0.3) is 0 Å². The Hall–Kier alpha value is -2.44. The summed E-state index contributed by atoms with van der Waals surface area (Å²) in [6, 6.07) is 5.44. The molecule has 0 aliphatic carbocycles. The van der Waals surface area contributed by atoms with Crippen LogP contribution in [0, 0.1) is 11.7 Å². The van der Waals surface area contributed by atoms with Gasteiger partial charge in [-0.2, -0.15) is 0 Å². The molecule has 1 saturated heterocycles. The van der Waals surface area contributed by atoms with Crippen molar-refractivity contribution in [2.75, 3.05) is 26.7 Å². The van der Waals surface area contributed by atoms with Gasteiger partial charge >= 0.3 is 5.97 Å². The predicted molar refractivity (Wildman–Crippen MR) is 84.7 cm³/mol. The average molecular weight is 336 g/mol. The average Bonchev–Trinajstić information content (AvgIpc) is 2.61. The summed E-state index contributed by atoms with van der Waals surface area (Å²) in [6.45, 7) is 1.21. The molecule has 130 valence electrons. The molecule has 6 nitrogen and oxygen atoms in total. The van der Waals surface area contributed by atoms with E-state index in [1.165, 1.54) is 31.4 Å². The molecule has 2 rings (SSSR count). The Kier molecular flexibility index (Phi) is 6.28. The molecule has 1 aromatic carbocycles. The number of ether oxygens (including phenoxy) is 1. The smallest absolute Gasteiger partial charge is 0.307 e. The maximum Gasteiger partial charge on any atom is 0.307 e. The minimum atomic E-state index is -0.381. The van der Waals surface area contributed by atoms with Gasteiger partial charge in [0.15, 0.2) is 0 Å². The molecule has 1 aromatic rings. The molecule has 0 unspecified atom stereocenters. The highest BCUT2D eigenvalue weighted by atomic mass is 19.1. The first-order valence-corrected chi connectivity index (χ1v) is 7.90. The van der Waals surface area contributed by atoms with E-state index >= 15 is 0 Å². The van der Waals surface area contributed by atoms with Crippen LogP contribution in [-0.4, -0.2) is 49.4 Å². The lowest BCUT2D eigenvalue weighted by molar-refractivity contribution is -0.140. The van der Waals surface area contributed by atoms with Crippen LogP contribution in [0.5, 0.6) is 0 Å². The van der Waals surface area contributed by atoms with Crippen LogP contribution in [0.2, 0.25) is 0 Å². The molecule has 1 heterocycles. The van der Waals surface area contributed by atoms with Gasteiger partial charge in [-0.1, -0.05) is 0 Å². The minimum absolute atomic E-state index is 0.104. The fourth-order valence-corrected chi connectivity index (χ4v) is 2.65. The van der Waals surface area contributed by atoms with E-state index in [1.807, 2.05) is 0 Å². The number of likely N-dealkylation sites (tertiary alicyclic amines) is 1. The number of halogens is 1. The van der Waals surface area contributed by atoms with Gasteiger partial charge in [0.05, 0.1) is 13.5 Å². The zero-order valence-corrected chi connectivity index (χ0v) is 13.6. The standard InChI is InChI=1S/C17H21FN2O4/c1-24-15(21)6-9-19-16(22)12-7-10-20(11-8-12)17(23)13-2-4-14(18)5-3-13/h2-5,12H,6-11H2,1H3,(H,19,22). The number of rotatable bonds is 5. The summed E-state index contributed by atoms with van der Waals surface area (Å²) >= 11 is 0. The molecule has 1 fully saturated rings. The lowest BCUT2D eigenvalue weighted by Crippen LogP contribution is -2.43. The molecule has 7 heteroatoms. The van der Waals surface area contributed by atoms with Gasteiger partial charge in [0.25, 0.3) is 5.91 Å². The summed E-state index contributed by atoms with van der Waals surface area (Å²) in [7, 11) is 1.30. The summed E-state index contributed by atoms with van der Waals surface area (Å²) in [6.07, 6.45) is 1.28. The second-order valence-electron chi connectivity index (χ2n) is 5.69. The van der Waals surface area contributed by atoms with Crippen molar-refractivity contribution in [3.63, 3.8) is 0 Å². The van der Waals surface area contributed by atoms with E-state index in [0.29, 0.717) is 31.5 Å². The quantitative estimate of drug-likeness (QED) is 0.824. The molecule has 0 spiro atoms. The Labute approximate surface area is 140 Å². The highest BCUT2D eigenvalue weighted by Gasteiger charge is 2.27. The Morgan fingerprint density at radius 1 is 1.21 bits per heavy atom. The van der Waals surface area contributed by atoms with Crippen molar-refractivity contribution < 1.29 is 23.5 Å². The van der Waals surface area contributed by atoms with Crippen molar-refractivity contribution in [2.45, 2.75) is 19.3 Å². The van der Waals surface area contributed by atoms with Crippen molar-refractivity contribution in [1.82, 2.24) is 10.2 Å². The normalized spacial score (nSPS) is 15.0. The van der Waals surface area contributed by atoms with Crippen LogP contribution in [0.3, 0.4) is 0 Å². The fourth-order valence-electron chi connectivity index (χ4n) is 2.65. The third-order valence-corrected chi connectivity index (χ3v) is 4.10. The van der Waals surface area contributed by atoms with Crippen LogP contribution in [0.15, 0.2) is 24.3 Å². The number of piperidine rings is 1. The van der Waals surface area contributed by atoms with Crippen LogP contribution in [0.4, 0.5) is 4.39 Å². The second kappa shape index (κ2) is 8.42. The van der Waals surface area contributed by atoms with Gasteiger partial charge in [0.1, 0.15) is 5.82 Å². The molecular weight excluding hydrogens is 315 g/mol. The topological polar surface area (TPSA) is 75.7 Å². The molecular formula is C17H21FN2O4. The molecule has 2 amide bonds. The lowest BCUT2D eigenvalue weighted by atomic mass is 9.95. The number of nitrogens with zero attached hydrogens (tertiary/aromatic N) is 1. The van der Waals surface area contributed by atoms with E-state index in [2.05, 4.69) is 10.1 Å². The Morgan fingerprint density at radius 3 is 2.42 bits per heavy atom. The van der Waals surface area contributed by atoms with Gasteiger partial charge < -0.3 is 15.0 Å².